The summed E-state index contributed by atoms with van der Waals surface area (Å²) in [7, 11) is -7.07. The summed E-state index contributed by atoms with van der Waals surface area (Å²) in [5.41, 5.74) is 1.09. The van der Waals surface area contributed by atoms with Crippen molar-refractivity contribution >= 4 is 35.1 Å². The van der Waals surface area contributed by atoms with Crippen molar-refractivity contribution in [2.24, 2.45) is 4.99 Å². The molecule has 1 heterocycles. The highest BCUT2D eigenvalue weighted by atomic mass is 32.2. The zero-order chi connectivity index (χ0) is 20.4. The SMILES string of the molecule is CNS(=O)(=O)c1s/c(=N/C(C)=O)n(Cc2ccc(OP(=O)(O)O)cc2)c1C. The zero-order valence-corrected chi connectivity index (χ0v) is 17.1. The third-order valence-corrected chi connectivity index (χ3v) is 7.02. The normalized spacial score (nSPS) is 13.0. The molecule has 0 aliphatic rings. The Bertz CT molecular complexity index is 1070. The van der Waals surface area contributed by atoms with E-state index in [1.165, 1.54) is 26.1 Å². The van der Waals surface area contributed by atoms with Crippen molar-refractivity contribution in [1.82, 2.24) is 9.29 Å². The average molecular weight is 435 g/mol. The summed E-state index contributed by atoms with van der Waals surface area (Å²) in [5.74, 6) is -0.477. The Balaban J connectivity index is 2.46. The van der Waals surface area contributed by atoms with E-state index in [1.807, 2.05) is 0 Å². The molecular weight excluding hydrogens is 417 g/mol. The number of carbonyl (C=O) groups is 1. The second-order valence-corrected chi connectivity index (χ2v) is 9.63. The molecule has 2 aromatic rings. The van der Waals surface area contributed by atoms with Gasteiger partial charge in [-0.15, -0.1) is 0 Å². The maximum atomic E-state index is 12.2. The molecule has 148 valence electrons. The number of thiazole rings is 1. The molecule has 0 aliphatic heterocycles. The fourth-order valence-corrected chi connectivity index (χ4v) is 5.09. The molecule has 2 rings (SSSR count). The molecule has 1 amide bonds. The van der Waals surface area contributed by atoms with Gasteiger partial charge < -0.3 is 9.09 Å². The predicted molar refractivity (Wildman–Crippen MR) is 97.8 cm³/mol. The summed E-state index contributed by atoms with van der Waals surface area (Å²) in [6, 6.07) is 5.89. The molecule has 0 aliphatic carbocycles. The lowest BCUT2D eigenvalue weighted by molar-refractivity contribution is -0.116. The quantitative estimate of drug-likeness (QED) is 0.567. The van der Waals surface area contributed by atoms with Gasteiger partial charge in [-0.25, -0.2) is 17.7 Å². The molecular formula is C14H18N3O7PS2. The van der Waals surface area contributed by atoms with Crippen LogP contribution in [0.3, 0.4) is 0 Å². The van der Waals surface area contributed by atoms with Gasteiger partial charge in [0, 0.05) is 12.6 Å². The Morgan fingerprint density at radius 3 is 2.41 bits per heavy atom. The van der Waals surface area contributed by atoms with Crippen molar-refractivity contribution in [3.8, 4) is 5.75 Å². The average Bonchev–Trinajstić information content (AvgIpc) is 2.84. The third-order valence-electron chi connectivity index (χ3n) is 3.37. The van der Waals surface area contributed by atoms with Crippen molar-refractivity contribution in [2.75, 3.05) is 7.05 Å². The number of amides is 1. The maximum absolute atomic E-state index is 12.2. The highest BCUT2D eigenvalue weighted by molar-refractivity contribution is 7.91. The number of nitrogens with one attached hydrogen (secondary N) is 1. The molecule has 13 heteroatoms. The third kappa shape index (κ3) is 5.58. The smallest absolute Gasteiger partial charge is 0.404 e. The van der Waals surface area contributed by atoms with Crippen molar-refractivity contribution in [3.63, 3.8) is 0 Å². The first-order chi connectivity index (χ1) is 12.4. The van der Waals surface area contributed by atoms with E-state index in [1.54, 1.807) is 23.6 Å². The Kier molecular flexibility index (Phi) is 6.40. The van der Waals surface area contributed by atoms with Crippen LogP contribution in [-0.2, 0) is 25.9 Å². The van der Waals surface area contributed by atoms with Crippen molar-refractivity contribution < 1.29 is 32.1 Å². The molecule has 0 spiro atoms. The van der Waals surface area contributed by atoms with Crippen LogP contribution in [0.2, 0.25) is 0 Å². The van der Waals surface area contributed by atoms with Crippen LogP contribution in [0.1, 0.15) is 18.2 Å². The van der Waals surface area contributed by atoms with Crippen LogP contribution in [0.15, 0.2) is 33.5 Å². The maximum Gasteiger partial charge on any atom is 0.524 e. The number of rotatable bonds is 6. The summed E-state index contributed by atoms with van der Waals surface area (Å²) < 4.78 is 43.5. The summed E-state index contributed by atoms with van der Waals surface area (Å²) >= 11 is 0.874. The number of hydrogen-bond donors (Lipinski definition) is 3. The molecule has 27 heavy (non-hydrogen) atoms. The Morgan fingerprint density at radius 1 is 1.33 bits per heavy atom. The standard InChI is InChI=1S/C14H18N3O7PS2/c1-9-13(27(22,23)15-3)26-14(16-10(2)18)17(9)8-11-4-6-12(7-5-11)24-25(19,20)21/h4-7,15H,8H2,1-3H3,(H2,19,20,21)/b16-14+. The van der Waals surface area contributed by atoms with E-state index in [-0.39, 0.29) is 21.3 Å². The molecule has 0 radical (unpaired) electrons. The van der Waals surface area contributed by atoms with Crippen LogP contribution in [0.5, 0.6) is 5.75 Å². The van der Waals surface area contributed by atoms with E-state index in [0.29, 0.717) is 11.3 Å². The van der Waals surface area contributed by atoms with E-state index in [0.717, 1.165) is 11.3 Å². The summed E-state index contributed by atoms with van der Waals surface area (Å²) in [5, 5.41) is 0. The van der Waals surface area contributed by atoms with Crippen molar-refractivity contribution in [3.05, 3.63) is 40.3 Å². The first kappa shape index (κ1) is 21.5. The van der Waals surface area contributed by atoms with E-state index in [4.69, 9.17) is 9.79 Å². The van der Waals surface area contributed by atoms with Crippen LogP contribution >= 0.6 is 19.2 Å². The number of nitrogens with zero attached hydrogens (tertiary/aromatic N) is 2. The lowest BCUT2D eigenvalue weighted by atomic mass is 10.2. The van der Waals surface area contributed by atoms with E-state index < -0.39 is 23.8 Å². The van der Waals surface area contributed by atoms with E-state index >= 15 is 0 Å². The number of benzene rings is 1. The predicted octanol–water partition coefficient (Wildman–Crippen LogP) is 0.733. The molecule has 0 fully saturated rings. The first-order valence-corrected chi connectivity index (χ1v) is 11.3. The van der Waals surface area contributed by atoms with Gasteiger partial charge in [-0.2, -0.15) is 4.99 Å². The molecule has 0 atom stereocenters. The van der Waals surface area contributed by atoms with Crippen LogP contribution in [0.4, 0.5) is 0 Å². The summed E-state index contributed by atoms with van der Waals surface area (Å²) in [6.45, 7) is 3.06. The number of phosphoric ester groups is 1. The van der Waals surface area contributed by atoms with Crippen LogP contribution in [0, 0.1) is 6.92 Å². The Hall–Kier alpha value is -1.82. The first-order valence-electron chi connectivity index (χ1n) is 7.46. The number of carbonyl (C=O) groups excluding carboxylic acids is 1. The van der Waals surface area contributed by atoms with Crippen LogP contribution in [-0.4, -0.2) is 35.7 Å². The zero-order valence-electron chi connectivity index (χ0n) is 14.6. The minimum absolute atomic E-state index is 0.00813. The van der Waals surface area contributed by atoms with Crippen molar-refractivity contribution in [1.29, 1.82) is 0 Å². The second-order valence-electron chi connectivity index (χ2n) is 5.41. The minimum atomic E-state index is -4.65. The highest BCUT2D eigenvalue weighted by Crippen LogP contribution is 2.37. The van der Waals surface area contributed by atoms with Gasteiger partial charge in [0.05, 0.1) is 6.54 Å². The van der Waals surface area contributed by atoms with E-state index in [2.05, 4.69) is 14.2 Å². The number of sulfonamides is 1. The highest BCUT2D eigenvalue weighted by Gasteiger charge is 2.22. The Labute approximate surface area is 159 Å². The number of phosphoric acid groups is 1. The molecule has 1 aromatic carbocycles. The topological polar surface area (TPSA) is 147 Å². The number of hydrogen-bond acceptors (Lipinski definition) is 6. The number of aromatic nitrogens is 1. The fraction of sp³-hybridized carbons (Fsp3) is 0.286. The van der Waals surface area contributed by atoms with Gasteiger partial charge in [0.1, 0.15) is 5.75 Å². The lowest BCUT2D eigenvalue weighted by Gasteiger charge is -2.09. The monoisotopic (exact) mass is 435 g/mol. The molecule has 1 aromatic heterocycles. The Morgan fingerprint density at radius 2 is 1.93 bits per heavy atom. The van der Waals surface area contributed by atoms with Crippen LogP contribution < -0.4 is 14.0 Å². The molecule has 3 N–H and O–H groups in total. The van der Waals surface area contributed by atoms with Crippen LogP contribution in [0.25, 0.3) is 0 Å². The van der Waals surface area contributed by atoms with Gasteiger partial charge in [0.15, 0.2) is 9.01 Å². The largest absolute Gasteiger partial charge is 0.524 e. The van der Waals surface area contributed by atoms with Gasteiger partial charge in [0.2, 0.25) is 5.91 Å². The van der Waals surface area contributed by atoms with Gasteiger partial charge in [0.25, 0.3) is 10.0 Å². The van der Waals surface area contributed by atoms with Gasteiger partial charge >= 0.3 is 7.82 Å². The summed E-state index contributed by atoms with van der Waals surface area (Å²) in [4.78, 5) is 33.1. The summed E-state index contributed by atoms with van der Waals surface area (Å²) in [6.07, 6.45) is 0. The molecule has 0 unspecified atom stereocenters. The van der Waals surface area contributed by atoms with E-state index in [9.17, 15) is 17.8 Å². The fourth-order valence-electron chi connectivity index (χ4n) is 2.19. The van der Waals surface area contributed by atoms with Gasteiger partial charge in [-0.1, -0.05) is 23.5 Å². The molecule has 0 saturated carbocycles. The lowest BCUT2D eigenvalue weighted by Crippen LogP contribution is -2.20. The second kappa shape index (κ2) is 8.05. The van der Waals surface area contributed by atoms with Gasteiger partial charge in [-0.3, -0.25) is 14.6 Å². The molecule has 0 saturated heterocycles. The van der Waals surface area contributed by atoms with Gasteiger partial charge in [-0.05, 0) is 31.7 Å². The van der Waals surface area contributed by atoms with Crippen molar-refractivity contribution in [2.45, 2.75) is 24.6 Å². The minimum Gasteiger partial charge on any atom is -0.404 e. The molecule has 0 bridgehead atoms. The molecule has 10 nitrogen and oxygen atoms in total.